The summed E-state index contributed by atoms with van der Waals surface area (Å²) in [6.07, 6.45) is 5.12. The zero-order chi connectivity index (χ0) is 13.7. The van der Waals surface area contributed by atoms with Gasteiger partial charge in [0, 0.05) is 22.7 Å². The fourth-order valence-electron chi connectivity index (χ4n) is 2.81. The lowest BCUT2D eigenvalue weighted by Gasteiger charge is -2.21. The molecule has 1 atom stereocenters. The number of nitrogens with zero attached hydrogens (tertiary/aromatic N) is 1. The monoisotopic (exact) mass is 324 g/mol. The van der Waals surface area contributed by atoms with E-state index in [0.717, 1.165) is 4.47 Å². The average molecular weight is 325 g/mol. The molecule has 1 unspecified atom stereocenters. The van der Waals surface area contributed by atoms with Gasteiger partial charge in [-0.3, -0.25) is 0 Å². The van der Waals surface area contributed by atoms with E-state index in [1.807, 2.05) is 0 Å². The first-order chi connectivity index (χ1) is 9.19. The molecule has 1 saturated heterocycles. The molecular weight excluding hydrogens is 300 g/mol. The summed E-state index contributed by atoms with van der Waals surface area (Å²) in [4.78, 5) is 2.61. The molecule has 0 amide bonds. The molecule has 1 aromatic rings. The summed E-state index contributed by atoms with van der Waals surface area (Å²) < 4.78 is 1.15. The number of anilines is 1. The Balaban J connectivity index is 1.94. The highest BCUT2D eigenvalue weighted by Gasteiger charge is 2.16. The van der Waals surface area contributed by atoms with Gasteiger partial charge in [0.1, 0.15) is 0 Å². The molecule has 1 fully saturated rings. The first-order valence-electron chi connectivity index (χ1n) is 7.44. The Morgan fingerprint density at radius 1 is 1.32 bits per heavy atom. The summed E-state index contributed by atoms with van der Waals surface area (Å²) in [6.45, 7) is 8.20. The standard InChI is InChI=1S/C16H25BrN2/c1-3-9-19-10-4-5-15(8-11-19)18-16-12-14(17)7-6-13(16)2/h6-7,12,15,18H,3-5,8-11H2,1-2H3. The number of nitrogens with one attached hydrogen (secondary N) is 1. The van der Waals surface area contributed by atoms with E-state index in [0.29, 0.717) is 6.04 Å². The van der Waals surface area contributed by atoms with Crippen LogP contribution in [0.25, 0.3) is 0 Å². The molecule has 1 aliphatic rings. The highest BCUT2D eigenvalue weighted by Crippen LogP contribution is 2.23. The van der Waals surface area contributed by atoms with Gasteiger partial charge in [0.05, 0.1) is 0 Å². The second kappa shape index (κ2) is 7.30. The van der Waals surface area contributed by atoms with E-state index < -0.39 is 0 Å². The molecule has 0 saturated carbocycles. The molecule has 3 heteroatoms. The molecule has 1 aromatic carbocycles. The van der Waals surface area contributed by atoms with Crippen molar-refractivity contribution < 1.29 is 0 Å². The van der Waals surface area contributed by atoms with Crippen LogP contribution in [0.15, 0.2) is 22.7 Å². The van der Waals surface area contributed by atoms with Gasteiger partial charge in [-0.25, -0.2) is 0 Å². The van der Waals surface area contributed by atoms with Gasteiger partial charge in [-0.15, -0.1) is 0 Å². The summed E-state index contributed by atoms with van der Waals surface area (Å²) in [5.41, 5.74) is 2.61. The second-order valence-corrected chi connectivity index (χ2v) is 6.49. The van der Waals surface area contributed by atoms with Crippen molar-refractivity contribution >= 4 is 21.6 Å². The number of likely N-dealkylation sites (tertiary alicyclic amines) is 1. The third-order valence-electron chi connectivity index (χ3n) is 3.92. The quantitative estimate of drug-likeness (QED) is 0.881. The minimum absolute atomic E-state index is 0.620. The van der Waals surface area contributed by atoms with E-state index in [4.69, 9.17) is 0 Å². The zero-order valence-corrected chi connectivity index (χ0v) is 13.7. The number of hydrogen-bond acceptors (Lipinski definition) is 2. The molecule has 0 aliphatic carbocycles. The molecule has 0 radical (unpaired) electrons. The summed E-state index contributed by atoms with van der Waals surface area (Å²) in [6, 6.07) is 7.10. The van der Waals surface area contributed by atoms with Crippen molar-refractivity contribution in [3.05, 3.63) is 28.2 Å². The molecule has 19 heavy (non-hydrogen) atoms. The molecule has 2 nitrogen and oxygen atoms in total. The number of rotatable bonds is 4. The minimum atomic E-state index is 0.620. The van der Waals surface area contributed by atoms with E-state index in [-0.39, 0.29) is 0 Å². The Kier molecular flexibility index (Phi) is 5.71. The van der Waals surface area contributed by atoms with Crippen molar-refractivity contribution in [2.45, 2.75) is 45.6 Å². The van der Waals surface area contributed by atoms with Crippen LogP contribution in [-0.2, 0) is 0 Å². The zero-order valence-electron chi connectivity index (χ0n) is 12.1. The van der Waals surface area contributed by atoms with E-state index in [9.17, 15) is 0 Å². The Bertz CT molecular complexity index is 406. The Labute approximate surface area is 125 Å². The van der Waals surface area contributed by atoms with Gasteiger partial charge in [-0.05, 0) is 63.4 Å². The maximum atomic E-state index is 3.74. The molecule has 106 valence electrons. The fraction of sp³-hybridized carbons (Fsp3) is 0.625. The van der Waals surface area contributed by atoms with Crippen LogP contribution >= 0.6 is 15.9 Å². The molecule has 0 bridgehead atoms. The topological polar surface area (TPSA) is 15.3 Å². The maximum Gasteiger partial charge on any atom is 0.0383 e. The van der Waals surface area contributed by atoms with Gasteiger partial charge in [-0.2, -0.15) is 0 Å². The Morgan fingerprint density at radius 3 is 2.95 bits per heavy atom. The predicted molar refractivity (Wildman–Crippen MR) is 86.9 cm³/mol. The van der Waals surface area contributed by atoms with Crippen LogP contribution in [0.5, 0.6) is 0 Å². The van der Waals surface area contributed by atoms with E-state index in [2.05, 4.69) is 58.2 Å². The van der Waals surface area contributed by atoms with Gasteiger partial charge >= 0.3 is 0 Å². The highest BCUT2D eigenvalue weighted by molar-refractivity contribution is 9.10. The average Bonchev–Trinajstić information content (AvgIpc) is 2.60. The summed E-state index contributed by atoms with van der Waals surface area (Å²) in [5, 5.41) is 3.74. The third kappa shape index (κ3) is 4.50. The van der Waals surface area contributed by atoms with E-state index >= 15 is 0 Å². The van der Waals surface area contributed by atoms with Crippen LogP contribution in [0.2, 0.25) is 0 Å². The predicted octanol–water partition coefficient (Wildman–Crippen LogP) is 4.43. The molecular formula is C16H25BrN2. The van der Waals surface area contributed by atoms with Crippen molar-refractivity contribution in [2.75, 3.05) is 25.0 Å². The van der Waals surface area contributed by atoms with Crippen molar-refractivity contribution in [1.29, 1.82) is 0 Å². The van der Waals surface area contributed by atoms with Gasteiger partial charge in [0.25, 0.3) is 0 Å². The maximum absolute atomic E-state index is 3.74. The second-order valence-electron chi connectivity index (χ2n) is 5.57. The van der Waals surface area contributed by atoms with Crippen LogP contribution < -0.4 is 5.32 Å². The van der Waals surface area contributed by atoms with E-state index in [1.54, 1.807) is 0 Å². The summed E-state index contributed by atoms with van der Waals surface area (Å²) in [5.74, 6) is 0. The fourth-order valence-corrected chi connectivity index (χ4v) is 3.17. The largest absolute Gasteiger partial charge is 0.382 e. The van der Waals surface area contributed by atoms with Gasteiger partial charge in [0.2, 0.25) is 0 Å². The third-order valence-corrected chi connectivity index (χ3v) is 4.41. The van der Waals surface area contributed by atoms with Crippen LogP contribution in [0, 0.1) is 6.92 Å². The van der Waals surface area contributed by atoms with Crippen molar-refractivity contribution in [2.24, 2.45) is 0 Å². The van der Waals surface area contributed by atoms with Crippen LogP contribution in [0.4, 0.5) is 5.69 Å². The smallest absolute Gasteiger partial charge is 0.0383 e. The molecule has 1 aliphatic heterocycles. The SMILES string of the molecule is CCCN1CCCC(Nc2cc(Br)ccc2C)CC1. The van der Waals surface area contributed by atoms with Gasteiger partial charge in [-0.1, -0.05) is 28.9 Å². The van der Waals surface area contributed by atoms with Crippen LogP contribution in [0.1, 0.15) is 38.2 Å². The lowest BCUT2D eigenvalue weighted by Crippen LogP contribution is -2.27. The number of halogens is 1. The number of benzene rings is 1. The highest BCUT2D eigenvalue weighted by atomic mass is 79.9. The lowest BCUT2D eigenvalue weighted by molar-refractivity contribution is 0.285. The van der Waals surface area contributed by atoms with Crippen molar-refractivity contribution in [1.82, 2.24) is 4.90 Å². The van der Waals surface area contributed by atoms with Crippen LogP contribution in [-0.4, -0.2) is 30.6 Å². The van der Waals surface area contributed by atoms with Gasteiger partial charge < -0.3 is 10.2 Å². The first-order valence-corrected chi connectivity index (χ1v) is 8.23. The Hall–Kier alpha value is -0.540. The molecule has 1 N–H and O–H groups in total. The number of hydrogen-bond donors (Lipinski definition) is 1. The van der Waals surface area contributed by atoms with Crippen LogP contribution in [0.3, 0.4) is 0 Å². The summed E-state index contributed by atoms with van der Waals surface area (Å²) >= 11 is 3.56. The Morgan fingerprint density at radius 2 is 2.16 bits per heavy atom. The number of aryl methyl sites for hydroxylation is 1. The van der Waals surface area contributed by atoms with Gasteiger partial charge in [0.15, 0.2) is 0 Å². The normalized spacial score (nSPS) is 21.1. The molecule has 2 rings (SSSR count). The summed E-state index contributed by atoms with van der Waals surface area (Å²) in [7, 11) is 0. The lowest BCUT2D eigenvalue weighted by atomic mass is 10.1. The van der Waals surface area contributed by atoms with E-state index in [1.165, 1.54) is 56.6 Å². The molecule has 1 heterocycles. The first kappa shape index (κ1) is 14.9. The minimum Gasteiger partial charge on any atom is -0.382 e. The van der Waals surface area contributed by atoms with Crippen molar-refractivity contribution in [3.8, 4) is 0 Å². The molecule has 0 spiro atoms. The van der Waals surface area contributed by atoms with Crippen molar-refractivity contribution in [3.63, 3.8) is 0 Å². The molecule has 0 aromatic heterocycles.